The minimum atomic E-state index is -0.894. The van der Waals surface area contributed by atoms with Crippen molar-refractivity contribution in [2.75, 3.05) is 12.0 Å². The van der Waals surface area contributed by atoms with Gasteiger partial charge in [-0.15, -0.1) is 0 Å². The number of aromatic nitrogens is 2. The topological polar surface area (TPSA) is 55.1 Å². The molecule has 0 bridgehead atoms. The second kappa shape index (κ2) is 6.31. The van der Waals surface area contributed by atoms with Crippen molar-refractivity contribution < 1.29 is 9.90 Å². The summed E-state index contributed by atoms with van der Waals surface area (Å²) in [5.74, 6) is 1.55. The molecule has 0 aliphatic carbocycles. The number of rotatable bonds is 6. The minimum absolute atomic E-state index is 0.318. The van der Waals surface area contributed by atoms with Gasteiger partial charge in [0.15, 0.2) is 0 Å². The number of carboxylic acids is 1. The summed E-state index contributed by atoms with van der Waals surface area (Å²) in [5.41, 5.74) is 2.12. The van der Waals surface area contributed by atoms with Crippen molar-refractivity contribution in [3.63, 3.8) is 0 Å². The van der Waals surface area contributed by atoms with Gasteiger partial charge in [-0.3, -0.25) is 0 Å². The Morgan fingerprint density at radius 2 is 2.20 bits per heavy atom. The third-order valence-electron chi connectivity index (χ3n) is 3.27. The van der Waals surface area contributed by atoms with Crippen LogP contribution in [0.15, 0.2) is 18.2 Å². The van der Waals surface area contributed by atoms with Crippen LogP contribution in [0.25, 0.3) is 11.0 Å². The van der Waals surface area contributed by atoms with E-state index in [0.717, 1.165) is 35.6 Å². The molecule has 0 unspecified atom stereocenters. The minimum Gasteiger partial charge on any atom is -0.478 e. The molecule has 1 aromatic heterocycles. The molecule has 20 heavy (non-hydrogen) atoms. The maximum atomic E-state index is 11.1. The molecular weight excluding hydrogens is 272 g/mol. The maximum Gasteiger partial charge on any atom is 0.335 e. The van der Waals surface area contributed by atoms with E-state index in [0.29, 0.717) is 11.5 Å². The number of carboxylic acid groups (broad SMARTS) is 1. The number of hydrogen-bond donors (Lipinski definition) is 1. The Balaban J connectivity index is 2.49. The second-order valence-electron chi connectivity index (χ2n) is 5.13. The Kier molecular flexibility index (Phi) is 4.70. The van der Waals surface area contributed by atoms with Crippen LogP contribution < -0.4 is 0 Å². The fourth-order valence-electron chi connectivity index (χ4n) is 2.32. The maximum absolute atomic E-state index is 11.1. The number of carbonyl (C=O) groups is 1. The van der Waals surface area contributed by atoms with Crippen LogP contribution in [0.2, 0.25) is 0 Å². The van der Waals surface area contributed by atoms with E-state index in [1.807, 2.05) is 11.8 Å². The standard InChI is InChI=1S/C15H20N2O2S/c1-10(2)14-16-12-6-5-11(15(18)19)9-13(12)17(14)7-4-8-20-3/h5-6,9-10H,4,7-8H2,1-3H3,(H,18,19). The zero-order valence-corrected chi connectivity index (χ0v) is 12.9. The van der Waals surface area contributed by atoms with Gasteiger partial charge in [-0.25, -0.2) is 9.78 Å². The molecule has 0 atom stereocenters. The summed E-state index contributed by atoms with van der Waals surface area (Å²) in [6.45, 7) is 5.11. The summed E-state index contributed by atoms with van der Waals surface area (Å²) in [5, 5.41) is 9.13. The van der Waals surface area contributed by atoms with E-state index in [9.17, 15) is 4.79 Å². The number of aryl methyl sites for hydroxylation is 1. The molecule has 1 N–H and O–H groups in total. The molecule has 0 fully saturated rings. The van der Waals surface area contributed by atoms with Gasteiger partial charge in [0.2, 0.25) is 0 Å². The van der Waals surface area contributed by atoms with Crippen molar-refractivity contribution in [2.24, 2.45) is 0 Å². The predicted octanol–water partition coefficient (Wildman–Crippen LogP) is 3.61. The van der Waals surface area contributed by atoms with Crippen LogP contribution in [-0.2, 0) is 6.54 Å². The van der Waals surface area contributed by atoms with E-state index < -0.39 is 5.97 Å². The molecule has 5 heteroatoms. The van der Waals surface area contributed by atoms with Gasteiger partial charge in [0.25, 0.3) is 0 Å². The van der Waals surface area contributed by atoms with Crippen LogP contribution in [0.1, 0.15) is 42.4 Å². The summed E-state index contributed by atoms with van der Waals surface area (Å²) in [6, 6.07) is 5.15. The lowest BCUT2D eigenvalue weighted by molar-refractivity contribution is 0.0697. The van der Waals surface area contributed by atoms with E-state index >= 15 is 0 Å². The molecular formula is C15H20N2O2S. The fraction of sp³-hybridized carbons (Fsp3) is 0.467. The largest absolute Gasteiger partial charge is 0.478 e. The number of fused-ring (bicyclic) bond motifs is 1. The Morgan fingerprint density at radius 1 is 1.45 bits per heavy atom. The smallest absolute Gasteiger partial charge is 0.335 e. The molecule has 0 aliphatic rings. The van der Waals surface area contributed by atoms with Crippen molar-refractivity contribution in [3.05, 3.63) is 29.6 Å². The monoisotopic (exact) mass is 292 g/mol. The van der Waals surface area contributed by atoms with E-state index in [-0.39, 0.29) is 0 Å². The average Bonchev–Trinajstić information content (AvgIpc) is 2.77. The van der Waals surface area contributed by atoms with Crippen molar-refractivity contribution in [1.29, 1.82) is 0 Å². The average molecular weight is 292 g/mol. The number of nitrogens with zero attached hydrogens (tertiary/aromatic N) is 2. The summed E-state index contributed by atoms with van der Waals surface area (Å²) in [6.07, 6.45) is 3.15. The molecule has 2 rings (SSSR count). The molecule has 2 aromatic rings. The fourth-order valence-corrected chi connectivity index (χ4v) is 2.73. The SMILES string of the molecule is CSCCCn1c(C(C)C)nc2ccc(C(=O)O)cc21. The first kappa shape index (κ1) is 14.9. The van der Waals surface area contributed by atoms with E-state index in [2.05, 4.69) is 29.7 Å². The molecule has 0 aliphatic heterocycles. The number of aromatic carboxylic acids is 1. The zero-order chi connectivity index (χ0) is 14.7. The molecule has 1 aromatic carbocycles. The highest BCUT2D eigenvalue weighted by Crippen LogP contribution is 2.23. The van der Waals surface area contributed by atoms with Gasteiger partial charge in [0, 0.05) is 12.5 Å². The van der Waals surface area contributed by atoms with Crippen molar-refractivity contribution in [1.82, 2.24) is 9.55 Å². The Bertz CT molecular complexity index is 620. The third-order valence-corrected chi connectivity index (χ3v) is 3.97. The first-order valence-electron chi connectivity index (χ1n) is 6.77. The van der Waals surface area contributed by atoms with Crippen molar-refractivity contribution in [3.8, 4) is 0 Å². The Labute approximate surface area is 123 Å². The normalized spacial score (nSPS) is 11.4. The first-order valence-corrected chi connectivity index (χ1v) is 8.16. The van der Waals surface area contributed by atoms with Crippen molar-refractivity contribution >= 4 is 28.8 Å². The van der Waals surface area contributed by atoms with Gasteiger partial charge in [-0.05, 0) is 36.6 Å². The van der Waals surface area contributed by atoms with Gasteiger partial charge >= 0.3 is 5.97 Å². The van der Waals surface area contributed by atoms with Gasteiger partial charge in [0.05, 0.1) is 16.6 Å². The lowest BCUT2D eigenvalue weighted by Crippen LogP contribution is -2.06. The van der Waals surface area contributed by atoms with Crippen LogP contribution in [0.4, 0.5) is 0 Å². The van der Waals surface area contributed by atoms with Gasteiger partial charge in [-0.1, -0.05) is 13.8 Å². The van der Waals surface area contributed by atoms with Gasteiger partial charge < -0.3 is 9.67 Å². The lowest BCUT2D eigenvalue weighted by Gasteiger charge is -2.11. The van der Waals surface area contributed by atoms with Crippen LogP contribution in [0.3, 0.4) is 0 Å². The second-order valence-corrected chi connectivity index (χ2v) is 6.12. The summed E-state index contributed by atoms with van der Waals surface area (Å²) < 4.78 is 2.17. The number of hydrogen-bond acceptors (Lipinski definition) is 3. The predicted molar refractivity (Wildman–Crippen MR) is 83.8 cm³/mol. The van der Waals surface area contributed by atoms with E-state index in [4.69, 9.17) is 5.11 Å². The zero-order valence-electron chi connectivity index (χ0n) is 12.1. The Morgan fingerprint density at radius 3 is 2.80 bits per heavy atom. The quantitative estimate of drug-likeness (QED) is 0.826. The highest BCUT2D eigenvalue weighted by Gasteiger charge is 2.15. The summed E-state index contributed by atoms with van der Waals surface area (Å²) in [7, 11) is 0. The molecule has 4 nitrogen and oxygen atoms in total. The molecule has 0 saturated carbocycles. The number of benzene rings is 1. The van der Waals surface area contributed by atoms with E-state index in [1.54, 1.807) is 18.2 Å². The van der Waals surface area contributed by atoms with Crippen molar-refractivity contribution in [2.45, 2.75) is 32.7 Å². The van der Waals surface area contributed by atoms with Gasteiger partial charge in [0.1, 0.15) is 5.82 Å². The lowest BCUT2D eigenvalue weighted by atomic mass is 10.2. The van der Waals surface area contributed by atoms with Crippen LogP contribution in [0.5, 0.6) is 0 Å². The molecule has 0 amide bonds. The van der Waals surface area contributed by atoms with Crippen LogP contribution in [-0.4, -0.2) is 32.6 Å². The molecule has 0 radical (unpaired) electrons. The molecule has 1 heterocycles. The van der Waals surface area contributed by atoms with E-state index in [1.165, 1.54) is 0 Å². The first-order chi connectivity index (χ1) is 9.54. The van der Waals surface area contributed by atoms with Gasteiger partial charge in [-0.2, -0.15) is 11.8 Å². The number of thioether (sulfide) groups is 1. The highest BCUT2D eigenvalue weighted by molar-refractivity contribution is 7.98. The van der Waals surface area contributed by atoms with Crippen LogP contribution in [0, 0.1) is 0 Å². The molecule has 0 spiro atoms. The molecule has 108 valence electrons. The Hall–Kier alpha value is -1.49. The highest BCUT2D eigenvalue weighted by atomic mass is 32.2. The van der Waals surface area contributed by atoms with Crippen LogP contribution >= 0.6 is 11.8 Å². The summed E-state index contributed by atoms with van der Waals surface area (Å²) in [4.78, 5) is 15.8. The third kappa shape index (κ3) is 2.98. The number of imidazole rings is 1. The summed E-state index contributed by atoms with van der Waals surface area (Å²) >= 11 is 1.82. The molecule has 0 saturated heterocycles.